The SMILES string of the molecule is COC(=O)NC1CCC(C(=O)N2C[C@@H](N(C)C(=O)N(C)c3cc(Cl)cc(Cl)c3)[C@H](c3ccc(F)cc3)C2)CC1. The molecule has 210 valence electrons. The second-order valence-corrected chi connectivity index (χ2v) is 11.1. The molecule has 4 rings (SSSR count). The smallest absolute Gasteiger partial charge is 0.407 e. The van der Waals surface area contributed by atoms with Gasteiger partial charge in [-0.25, -0.2) is 14.0 Å². The lowest BCUT2D eigenvalue weighted by atomic mass is 9.85. The van der Waals surface area contributed by atoms with E-state index in [0.717, 1.165) is 5.56 Å². The highest BCUT2D eigenvalue weighted by Gasteiger charge is 2.42. The summed E-state index contributed by atoms with van der Waals surface area (Å²) >= 11 is 12.3. The summed E-state index contributed by atoms with van der Waals surface area (Å²) in [7, 11) is 4.69. The molecule has 4 amide bonds. The number of nitrogens with zero attached hydrogens (tertiary/aromatic N) is 3. The van der Waals surface area contributed by atoms with Gasteiger partial charge in [0, 0.05) is 60.8 Å². The minimum atomic E-state index is -0.466. The first kappa shape index (κ1) is 29.0. The van der Waals surface area contributed by atoms with Gasteiger partial charge < -0.3 is 19.9 Å². The topological polar surface area (TPSA) is 82.2 Å². The second kappa shape index (κ2) is 12.4. The molecule has 8 nitrogen and oxygen atoms in total. The predicted octanol–water partition coefficient (Wildman–Crippen LogP) is 5.53. The third-order valence-corrected chi connectivity index (χ3v) is 8.24. The van der Waals surface area contributed by atoms with Crippen LogP contribution in [0.5, 0.6) is 0 Å². The Morgan fingerprint density at radius 2 is 1.59 bits per heavy atom. The van der Waals surface area contributed by atoms with E-state index >= 15 is 0 Å². The average Bonchev–Trinajstić information content (AvgIpc) is 3.37. The highest BCUT2D eigenvalue weighted by molar-refractivity contribution is 6.35. The van der Waals surface area contributed by atoms with Crippen LogP contribution in [0.3, 0.4) is 0 Å². The first-order valence-corrected chi connectivity index (χ1v) is 13.7. The van der Waals surface area contributed by atoms with Crippen LogP contribution in [-0.2, 0) is 9.53 Å². The van der Waals surface area contributed by atoms with Crippen molar-refractivity contribution in [2.24, 2.45) is 5.92 Å². The van der Waals surface area contributed by atoms with E-state index in [9.17, 15) is 18.8 Å². The lowest BCUT2D eigenvalue weighted by Crippen LogP contribution is -2.48. The number of anilines is 1. The number of likely N-dealkylation sites (N-methyl/N-ethyl adjacent to an activating group) is 1. The van der Waals surface area contributed by atoms with Crippen molar-refractivity contribution in [1.82, 2.24) is 15.1 Å². The number of hydrogen-bond acceptors (Lipinski definition) is 4. The van der Waals surface area contributed by atoms with E-state index in [0.29, 0.717) is 54.5 Å². The maximum Gasteiger partial charge on any atom is 0.407 e. The molecule has 2 aromatic carbocycles. The quantitative estimate of drug-likeness (QED) is 0.505. The van der Waals surface area contributed by atoms with E-state index in [2.05, 4.69) is 10.1 Å². The number of halogens is 3. The van der Waals surface area contributed by atoms with Gasteiger partial charge in [0.1, 0.15) is 5.82 Å². The molecule has 2 aromatic rings. The van der Waals surface area contributed by atoms with Crippen molar-refractivity contribution in [2.45, 2.75) is 43.7 Å². The minimum absolute atomic E-state index is 0.0147. The molecule has 2 aliphatic rings. The van der Waals surface area contributed by atoms with Crippen molar-refractivity contribution < 1.29 is 23.5 Å². The van der Waals surface area contributed by atoms with Gasteiger partial charge in [-0.3, -0.25) is 9.69 Å². The molecule has 2 atom stereocenters. The zero-order chi connectivity index (χ0) is 28.3. The Kier molecular flexibility index (Phi) is 9.23. The predicted molar refractivity (Wildman–Crippen MR) is 149 cm³/mol. The number of carbonyl (C=O) groups excluding carboxylic acids is 3. The normalized spacial score (nSPS) is 22.8. The summed E-state index contributed by atoms with van der Waals surface area (Å²) in [5, 5.41) is 3.64. The lowest BCUT2D eigenvalue weighted by molar-refractivity contribution is -0.135. The number of benzene rings is 2. The second-order valence-electron chi connectivity index (χ2n) is 10.2. The molecule has 1 aliphatic carbocycles. The van der Waals surface area contributed by atoms with Crippen LogP contribution in [0.2, 0.25) is 10.0 Å². The summed E-state index contributed by atoms with van der Waals surface area (Å²) in [4.78, 5) is 43.6. The standard InChI is InChI=1S/C28H33Cl2FN4O4/c1-33(23-13-19(29)12-20(30)14-23)28(38)34(2)25-16-35(15-24(25)17-4-8-21(31)9-5-17)26(36)18-6-10-22(11-7-18)32-27(37)39-3/h4-5,8-9,12-14,18,22,24-25H,6-7,10-11,15-16H2,1-3H3,(H,32,37)/t18?,22?,24-,25+/m0/s1. The van der Waals surface area contributed by atoms with Crippen LogP contribution in [0.4, 0.5) is 19.7 Å². The zero-order valence-electron chi connectivity index (χ0n) is 22.2. The number of alkyl carbamates (subject to hydrolysis) is 1. The van der Waals surface area contributed by atoms with Gasteiger partial charge in [0.2, 0.25) is 5.91 Å². The van der Waals surface area contributed by atoms with E-state index < -0.39 is 6.09 Å². The first-order chi connectivity index (χ1) is 18.6. The number of hydrogen-bond donors (Lipinski definition) is 1. The zero-order valence-corrected chi connectivity index (χ0v) is 23.7. The molecule has 0 radical (unpaired) electrons. The fourth-order valence-corrected chi connectivity index (χ4v) is 6.10. The molecular formula is C28H33Cl2FN4O4. The van der Waals surface area contributed by atoms with E-state index in [4.69, 9.17) is 23.2 Å². The van der Waals surface area contributed by atoms with E-state index in [1.54, 1.807) is 49.3 Å². The van der Waals surface area contributed by atoms with Crippen molar-refractivity contribution in [3.05, 3.63) is 63.9 Å². The Morgan fingerprint density at radius 3 is 2.18 bits per heavy atom. The molecule has 0 spiro atoms. The largest absolute Gasteiger partial charge is 0.453 e. The van der Waals surface area contributed by atoms with Gasteiger partial charge in [0.15, 0.2) is 0 Å². The monoisotopic (exact) mass is 578 g/mol. The molecule has 0 aromatic heterocycles. The molecule has 1 aliphatic heterocycles. The summed E-state index contributed by atoms with van der Waals surface area (Å²) in [6.45, 7) is 0.771. The van der Waals surface area contributed by atoms with Crippen LogP contribution in [0.1, 0.15) is 37.2 Å². The number of nitrogens with one attached hydrogen (secondary N) is 1. The van der Waals surface area contributed by atoms with Crippen LogP contribution >= 0.6 is 23.2 Å². The van der Waals surface area contributed by atoms with Crippen molar-refractivity contribution in [3.8, 4) is 0 Å². The molecule has 11 heteroatoms. The Bertz CT molecular complexity index is 1190. The Balaban J connectivity index is 1.50. The van der Waals surface area contributed by atoms with Gasteiger partial charge in [0.05, 0.1) is 13.2 Å². The van der Waals surface area contributed by atoms with E-state index in [1.165, 1.54) is 24.1 Å². The van der Waals surface area contributed by atoms with Crippen molar-refractivity contribution >= 4 is 46.9 Å². The molecule has 0 bridgehead atoms. The fraction of sp³-hybridized carbons (Fsp3) is 0.464. The number of carbonyl (C=O) groups is 3. The van der Waals surface area contributed by atoms with Crippen LogP contribution in [0, 0.1) is 11.7 Å². The van der Waals surface area contributed by atoms with Gasteiger partial charge in [-0.15, -0.1) is 0 Å². The number of methoxy groups -OCH3 is 1. The number of urea groups is 1. The third kappa shape index (κ3) is 6.76. The molecule has 1 saturated heterocycles. The summed E-state index contributed by atoms with van der Waals surface area (Å²) in [6, 6.07) is 10.5. The van der Waals surface area contributed by atoms with Crippen molar-refractivity contribution in [3.63, 3.8) is 0 Å². The molecule has 39 heavy (non-hydrogen) atoms. The van der Waals surface area contributed by atoms with Gasteiger partial charge in [-0.1, -0.05) is 35.3 Å². The maximum atomic E-state index is 13.7. The highest BCUT2D eigenvalue weighted by Crippen LogP contribution is 2.35. The van der Waals surface area contributed by atoms with E-state index in [1.807, 2.05) is 4.90 Å². The van der Waals surface area contributed by atoms with Crippen LogP contribution < -0.4 is 10.2 Å². The van der Waals surface area contributed by atoms with Crippen LogP contribution in [0.15, 0.2) is 42.5 Å². The lowest BCUT2D eigenvalue weighted by Gasteiger charge is -2.33. The van der Waals surface area contributed by atoms with Gasteiger partial charge in [0.25, 0.3) is 0 Å². The van der Waals surface area contributed by atoms with Crippen molar-refractivity contribution in [2.75, 3.05) is 39.2 Å². The summed E-state index contributed by atoms with van der Waals surface area (Å²) < 4.78 is 18.4. The number of ether oxygens (including phenoxy) is 1. The minimum Gasteiger partial charge on any atom is -0.453 e. The molecule has 0 unspecified atom stereocenters. The summed E-state index contributed by atoms with van der Waals surface area (Å²) in [5.74, 6) is -0.666. The Morgan fingerprint density at radius 1 is 0.974 bits per heavy atom. The first-order valence-electron chi connectivity index (χ1n) is 12.9. The van der Waals surface area contributed by atoms with Crippen LogP contribution in [-0.4, -0.2) is 74.2 Å². The Hall–Kier alpha value is -3.04. The number of likely N-dealkylation sites (tertiary alicyclic amines) is 1. The molecule has 1 heterocycles. The molecule has 2 fully saturated rings. The number of rotatable bonds is 5. The fourth-order valence-electron chi connectivity index (χ4n) is 5.59. The van der Waals surface area contributed by atoms with Crippen LogP contribution in [0.25, 0.3) is 0 Å². The molecule has 1 N–H and O–H groups in total. The van der Waals surface area contributed by atoms with Gasteiger partial charge >= 0.3 is 12.1 Å². The highest BCUT2D eigenvalue weighted by atomic mass is 35.5. The summed E-state index contributed by atoms with van der Waals surface area (Å²) in [5.41, 5.74) is 1.40. The molecular weight excluding hydrogens is 546 g/mol. The summed E-state index contributed by atoms with van der Waals surface area (Å²) in [6.07, 6.45) is 2.23. The average molecular weight is 580 g/mol. The maximum absolute atomic E-state index is 13.7. The van der Waals surface area contributed by atoms with E-state index in [-0.39, 0.29) is 41.7 Å². The Labute approximate surface area is 238 Å². The molecule has 1 saturated carbocycles. The number of amides is 4. The van der Waals surface area contributed by atoms with Gasteiger partial charge in [-0.2, -0.15) is 0 Å². The van der Waals surface area contributed by atoms with Gasteiger partial charge in [-0.05, 0) is 61.6 Å². The third-order valence-electron chi connectivity index (χ3n) is 7.80. The van der Waals surface area contributed by atoms with Crippen molar-refractivity contribution in [1.29, 1.82) is 0 Å².